The molecule has 1 fully saturated rings. The van der Waals surface area contributed by atoms with Gasteiger partial charge in [0, 0.05) is 0 Å². The Morgan fingerprint density at radius 2 is 2.21 bits per heavy atom. The second kappa shape index (κ2) is 3.33. The van der Waals surface area contributed by atoms with Gasteiger partial charge in [0.1, 0.15) is 5.75 Å². The number of amides is 1. The first-order chi connectivity index (χ1) is 6.66. The van der Waals surface area contributed by atoms with Gasteiger partial charge >= 0.3 is 6.09 Å². The normalized spacial score (nSPS) is 15.2. The monoisotopic (exact) mass is 191 g/mol. The fourth-order valence-electron chi connectivity index (χ4n) is 1.51. The molecule has 3 heteroatoms. The van der Waals surface area contributed by atoms with Crippen LogP contribution in [0, 0.1) is 6.92 Å². The van der Waals surface area contributed by atoms with Crippen molar-refractivity contribution in [1.29, 1.82) is 0 Å². The molecule has 0 bridgehead atoms. The molecule has 1 aromatic carbocycles. The molecule has 1 aromatic rings. The lowest BCUT2D eigenvalue weighted by Crippen LogP contribution is -2.16. The summed E-state index contributed by atoms with van der Waals surface area (Å²) in [5, 5.41) is 0. The summed E-state index contributed by atoms with van der Waals surface area (Å²) in [6, 6.07) is 5.96. The first-order valence-electron chi connectivity index (χ1n) is 4.74. The first kappa shape index (κ1) is 9.06. The summed E-state index contributed by atoms with van der Waals surface area (Å²) in [4.78, 5) is 10.6. The van der Waals surface area contributed by atoms with Gasteiger partial charge in [-0.2, -0.15) is 0 Å². The number of hydrogen-bond acceptors (Lipinski definition) is 2. The highest BCUT2D eigenvalue weighted by Crippen LogP contribution is 2.41. The zero-order valence-corrected chi connectivity index (χ0v) is 8.12. The summed E-state index contributed by atoms with van der Waals surface area (Å²) in [5.74, 6) is 1.24. The molecule has 0 aromatic heterocycles. The Morgan fingerprint density at radius 3 is 2.79 bits per heavy atom. The van der Waals surface area contributed by atoms with Crippen LogP contribution in [0.15, 0.2) is 18.2 Å². The van der Waals surface area contributed by atoms with Crippen LogP contribution in [0.4, 0.5) is 4.79 Å². The van der Waals surface area contributed by atoms with Gasteiger partial charge in [0.25, 0.3) is 0 Å². The molecule has 74 valence electrons. The number of primary amides is 1. The molecule has 1 amide bonds. The minimum atomic E-state index is -0.749. The highest BCUT2D eigenvalue weighted by Gasteiger charge is 2.24. The number of rotatable bonds is 2. The largest absolute Gasteiger partial charge is 0.410 e. The van der Waals surface area contributed by atoms with Gasteiger partial charge in [-0.3, -0.25) is 0 Å². The molecule has 0 aliphatic heterocycles. The molecule has 3 nitrogen and oxygen atoms in total. The Hall–Kier alpha value is -1.51. The van der Waals surface area contributed by atoms with Crippen LogP contribution in [-0.2, 0) is 0 Å². The number of ether oxygens (including phenoxy) is 1. The zero-order valence-electron chi connectivity index (χ0n) is 8.12. The average molecular weight is 191 g/mol. The van der Waals surface area contributed by atoms with Crippen molar-refractivity contribution in [2.24, 2.45) is 5.73 Å². The molecule has 0 unspecified atom stereocenters. The van der Waals surface area contributed by atoms with Crippen molar-refractivity contribution in [2.45, 2.75) is 25.7 Å². The number of carbonyl (C=O) groups is 1. The third kappa shape index (κ3) is 1.87. The third-order valence-electron chi connectivity index (χ3n) is 2.47. The molecule has 2 N–H and O–H groups in total. The first-order valence-corrected chi connectivity index (χ1v) is 4.74. The predicted octanol–water partition coefficient (Wildman–Crippen LogP) is 2.33. The second-order valence-electron chi connectivity index (χ2n) is 3.72. The molecule has 0 saturated heterocycles. The Kier molecular flexibility index (Phi) is 2.15. The molecule has 0 radical (unpaired) electrons. The number of carbonyl (C=O) groups excluding carboxylic acids is 1. The van der Waals surface area contributed by atoms with Crippen LogP contribution in [0.5, 0.6) is 5.75 Å². The standard InChI is InChI=1S/C11H13NO2/c1-7-2-3-9(8-4-5-8)6-10(7)14-11(12)13/h2-3,6,8H,4-5H2,1H3,(H2,12,13). The van der Waals surface area contributed by atoms with Crippen LogP contribution in [-0.4, -0.2) is 6.09 Å². The van der Waals surface area contributed by atoms with Gasteiger partial charge < -0.3 is 10.5 Å². The molecule has 1 aliphatic carbocycles. The van der Waals surface area contributed by atoms with E-state index in [1.807, 2.05) is 19.1 Å². The fourth-order valence-corrected chi connectivity index (χ4v) is 1.51. The van der Waals surface area contributed by atoms with Crippen LogP contribution >= 0.6 is 0 Å². The number of hydrogen-bond donors (Lipinski definition) is 1. The minimum absolute atomic E-state index is 0.585. The maximum Gasteiger partial charge on any atom is 0.409 e. The van der Waals surface area contributed by atoms with E-state index in [1.54, 1.807) is 0 Å². The lowest BCUT2D eigenvalue weighted by molar-refractivity contribution is 0.210. The summed E-state index contributed by atoms with van der Waals surface area (Å²) >= 11 is 0. The van der Waals surface area contributed by atoms with Crippen LogP contribution in [0.1, 0.15) is 29.9 Å². The summed E-state index contributed by atoms with van der Waals surface area (Å²) < 4.78 is 4.90. The lowest BCUT2D eigenvalue weighted by atomic mass is 10.1. The van der Waals surface area contributed by atoms with Crippen molar-refractivity contribution in [3.63, 3.8) is 0 Å². The molecular formula is C11H13NO2. The molecule has 0 atom stereocenters. The fraction of sp³-hybridized carbons (Fsp3) is 0.364. The molecule has 0 heterocycles. The van der Waals surface area contributed by atoms with E-state index < -0.39 is 6.09 Å². The molecular weight excluding hydrogens is 178 g/mol. The van der Waals surface area contributed by atoms with Crippen molar-refractivity contribution in [3.8, 4) is 5.75 Å². The van der Waals surface area contributed by atoms with Gasteiger partial charge in [-0.05, 0) is 42.9 Å². The van der Waals surface area contributed by atoms with Crippen LogP contribution < -0.4 is 10.5 Å². The van der Waals surface area contributed by atoms with Crippen LogP contribution in [0.3, 0.4) is 0 Å². The summed E-state index contributed by atoms with van der Waals surface area (Å²) in [5.41, 5.74) is 7.15. The topological polar surface area (TPSA) is 52.3 Å². The second-order valence-corrected chi connectivity index (χ2v) is 3.72. The van der Waals surface area contributed by atoms with E-state index in [-0.39, 0.29) is 0 Å². The number of nitrogens with two attached hydrogens (primary N) is 1. The van der Waals surface area contributed by atoms with E-state index in [1.165, 1.54) is 18.4 Å². The van der Waals surface area contributed by atoms with Gasteiger partial charge in [0.05, 0.1) is 0 Å². The number of aryl methyl sites for hydroxylation is 1. The van der Waals surface area contributed by atoms with Gasteiger partial charge in [-0.25, -0.2) is 4.79 Å². The van der Waals surface area contributed by atoms with Crippen molar-refractivity contribution in [3.05, 3.63) is 29.3 Å². The highest BCUT2D eigenvalue weighted by atomic mass is 16.5. The SMILES string of the molecule is Cc1ccc(C2CC2)cc1OC(N)=O. The smallest absolute Gasteiger partial charge is 0.409 e. The maximum atomic E-state index is 10.6. The van der Waals surface area contributed by atoms with Crippen molar-refractivity contribution >= 4 is 6.09 Å². The van der Waals surface area contributed by atoms with Crippen LogP contribution in [0.25, 0.3) is 0 Å². The summed E-state index contributed by atoms with van der Waals surface area (Å²) in [6.07, 6.45) is 1.72. The lowest BCUT2D eigenvalue weighted by Gasteiger charge is -2.06. The minimum Gasteiger partial charge on any atom is -0.410 e. The number of benzene rings is 1. The van der Waals surface area contributed by atoms with Gasteiger partial charge in [-0.1, -0.05) is 12.1 Å². The molecule has 0 spiro atoms. The van der Waals surface area contributed by atoms with Crippen molar-refractivity contribution < 1.29 is 9.53 Å². The van der Waals surface area contributed by atoms with E-state index in [9.17, 15) is 4.79 Å². The van der Waals surface area contributed by atoms with E-state index in [0.29, 0.717) is 11.7 Å². The Bertz CT molecular complexity index is 370. The predicted molar refractivity (Wildman–Crippen MR) is 53.4 cm³/mol. The van der Waals surface area contributed by atoms with E-state index >= 15 is 0 Å². The quantitative estimate of drug-likeness (QED) is 0.780. The molecule has 1 aliphatic rings. The Morgan fingerprint density at radius 1 is 1.50 bits per heavy atom. The van der Waals surface area contributed by atoms with E-state index in [4.69, 9.17) is 10.5 Å². The Balaban J connectivity index is 2.26. The van der Waals surface area contributed by atoms with Gasteiger partial charge in [-0.15, -0.1) is 0 Å². The van der Waals surface area contributed by atoms with Crippen molar-refractivity contribution in [1.82, 2.24) is 0 Å². The highest BCUT2D eigenvalue weighted by molar-refractivity contribution is 5.68. The maximum absolute atomic E-state index is 10.6. The molecule has 14 heavy (non-hydrogen) atoms. The Labute approximate surface area is 82.9 Å². The zero-order chi connectivity index (χ0) is 10.1. The van der Waals surface area contributed by atoms with Crippen molar-refractivity contribution in [2.75, 3.05) is 0 Å². The third-order valence-corrected chi connectivity index (χ3v) is 2.47. The average Bonchev–Trinajstić information content (AvgIpc) is 2.91. The molecule has 2 rings (SSSR count). The van der Waals surface area contributed by atoms with E-state index in [2.05, 4.69) is 6.07 Å². The molecule has 1 saturated carbocycles. The summed E-state index contributed by atoms with van der Waals surface area (Å²) in [7, 11) is 0. The summed E-state index contributed by atoms with van der Waals surface area (Å²) in [6.45, 7) is 1.90. The van der Waals surface area contributed by atoms with E-state index in [0.717, 1.165) is 5.56 Å². The van der Waals surface area contributed by atoms with Crippen LogP contribution in [0.2, 0.25) is 0 Å². The van der Waals surface area contributed by atoms with Gasteiger partial charge in [0.2, 0.25) is 0 Å². The van der Waals surface area contributed by atoms with Gasteiger partial charge in [0.15, 0.2) is 0 Å².